The molecule has 2 atom stereocenters. The highest BCUT2D eigenvalue weighted by atomic mass is 16.5. The summed E-state index contributed by atoms with van der Waals surface area (Å²) in [6.45, 7) is 5.29. The molecule has 2 saturated heterocycles. The normalized spacial score (nSPS) is 32.5. The van der Waals surface area contributed by atoms with Gasteiger partial charge in [-0.2, -0.15) is 0 Å². The summed E-state index contributed by atoms with van der Waals surface area (Å²) in [7, 11) is 2.10. The third-order valence-corrected chi connectivity index (χ3v) is 3.66. The first kappa shape index (κ1) is 12.8. The highest BCUT2D eigenvalue weighted by Gasteiger charge is 2.28. The molecule has 0 spiro atoms. The second-order valence-corrected chi connectivity index (χ2v) is 5.19. The van der Waals surface area contributed by atoms with Gasteiger partial charge < -0.3 is 14.7 Å². The maximum absolute atomic E-state index is 11.0. The first-order valence-electron chi connectivity index (χ1n) is 6.40. The Balaban J connectivity index is 1.79. The third kappa shape index (κ3) is 3.66. The highest BCUT2D eigenvalue weighted by Crippen LogP contribution is 2.17. The van der Waals surface area contributed by atoms with E-state index in [1.54, 1.807) is 0 Å². The smallest absolute Gasteiger partial charge is 0.307 e. The summed E-state index contributed by atoms with van der Waals surface area (Å²) in [4.78, 5) is 15.5. The topological polar surface area (TPSA) is 53.0 Å². The fourth-order valence-electron chi connectivity index (χ4n) is 2.69. The molecule has 0 radical (unpaired) electrons. The van der Waals surface area contributed by atoms with Gasteiger partial charge in [-0.15, -0.1) is 0 Å². The number of rotatable bonds is 3. The van der Waals surface area contributed by atoms with E-state index < -0.39 is 5.97 Å². The number of carboxylic acids is 1. The minimum absolute atomic E-state index is 0.190. The van der Waals surface area contributed by atoms with E-state index in [0.717, 1.165) is 45.6 Å². The lowest BCUT2D eigenvalue weighted by Crippen LogP contribution is -2.48. The largest absolute Gasteiger partial charge is 0.481 e. The summed E-state index contributed by atoms with van der Waals surface area (Å²) >= 11 is 0. The highest BCUT2D eigenvalue weighted by molar-refractivity contribution is 5.70. The van der Waals surface area contributed by atoms with Crippen molar-refractivity contribution >= 4 is 5.97 Å². The molecule has 2 fully saturated rings. The SMILES string of the molecule is CN1CCOC(CN2CCCC(C(=O)O)C2)C1. The molecule has 17 heavy (non-hydrogen) atoms. The Hall–Kier alpha value is -0.650. The number of hydrogen-bond donors (Lipinski definition) is 1. The van der Waals surface area contributed by atoms with Crippen molar-refractivity contribution in [3.63, 3.8) is 0 Å². The maximum Gasteiger partial charge on any atom is 0.307 e. The lowest BCUT2D eigenvalue weighted by Gasteiger charge is -2.36. The third-order valence-electron chi connectivity index (χ3n) is 3.66. The quantitative estimate of drug-likeness (QED) is 0.761. The van der Waals surface area contributed by atoms with Crippen LogP contribution in [0.5, 0.6) is 0 Å². The van der Waals surface area contributed by atoms with Crippen LogP contribution < -0.4 is 0 Å². The van der Waals surface area contributed by atoms with Crippen LogP contribution in [0, 0.1) is 5.92 Å². The van der Waals surface area contributed by atoms with Crippen LogP contribution >= 0.6 is 0 Å². The van der Waals surface area contributed by atoms with E-state index in [0.29, 0.717) is 6.54 Å². The number of carboxylic acid groups (broad SMARTS) is 1. The van der Waals surface area contributed by atoms with Gasteiger partial charge in [0.2, 0.25) is 0 Å². The fraction of sp³-hybridized carbons (Fsp3) is 0.917. The Morgan fingerprint density at radius 2 is 2.24 bits per heavy atom. The van der Waals surface area contributed by atoms with E-state index >= 15 is 0 Å². The molecule has 0 saturated carbocycles. The van der Waals surface area contributed by atoms with Crippen LogP contribution in [0.15, 0.2) is 0 Å². The van der Waals surface area contributed by atoms with E-state index in [1.165, 1.54) is 0 Å². The number of nitrogens with zero attached hydrogens (tertiary/aromatic N) is 2. The molecule has 2 aliphatic rings. The zero-order valence-corrected chi connectivity index (χ0v) is 10.5. The van der Waals surface area contributed by atoms with Crippen LogP contribution in [0.2, 0.25) is 0 Å². The van der Waals surface area contributed by atoms with Gasteiger partial charge in [0, 0.05) is 26.2 Å². The Kier molecular flexibility index (Phi) is 4.36. The minimum atomic E-state index is -0.656. The van der Waals surface area contributed by atoms with Gasteiger partial charge >= 0.3 is 5.97 Å². The van der Waals surface area contributed by atoms with E-state index in [-0.39, 0.29) is 12.0 Å². The molecule has 0 amide bonds. The Labute approximate surface area is 102 Å². The van der Waals surface area contributed by atoms with E-state index in [4.69, 9.17) is 9.84 Å². The predicted molar refractivity (Wildman–Crippen MR) is 64.0 cm³/mol. The van der Waals surface area contributed by atoms with Gasteiger partial charge in [0.05, 0.1) is 18.6 Å². The molecule has 0 aromatic carbocycles. The first-order valence-corrected chi connectivity index (χ1v) is 6.40. The number of ether oxygens (including phenoxy) is 1. The van der Waals surface area contributed by atoms with Crippen molar-refractivity contribution in [1.29, 1.82) is 0 Å². The number of likely N-dealkylation sites (tertiary alicyclic amines) is 1. The van der Waals surface area contributed by atoms with Gasteiger partial charge in [0.1, 0.15) is 0 Å². The van der Waals surface area contributed by atoms with Crippen molar-refractivity contribution in [3.05, 3.63) is 0 Å². The van der Waals surface area contributed by atoms with Crippen molar-refractivity contribution in [2.24, 2.45) is 5.92 Å². The van der Waals surface area contributed by atoms with Crippen LogP contribution in [-0.4, -0.2) is 73.4 Å². The molecule has 5 nitrogen and oxygen atoms in total. The Bertz CT molecular complexity index is 272. The number of likely N-dealkylation sites (N-methyl/N-ethyl adjacent to an activating group) is 1. The molecular weight excluding hydrogens is 220 g/mol. The van der Waals surface area contributed by atoms with Crippen molar-refractivity contribution in [1.82, 2.24) is 9.80 Å². The van der Waals surface area contributed by atoms with Gasteiger partial charge in [0.25, 0.3) is 0 Å². The van der Waals surface area contributed by atoms with E-state index in [9.17, 15) is 4.79 Å². The molecule has 0 aromatic rings. The molecule has 98 valence electrons. The molecule has 2 heterocycles. The molecular formula is C12H22N2O3. The average Bonchev–Trinajstić information content (AvgIpc) is 2.29. The maximum atomic E-state index is 11.0. The molecule has 2 rings (SSSR count). The molecule has 0 aromatic heterocycles. The average molecular weight is 242 g/mol. The first-order chi connectivity index (χ1) is 8.15. The molecule has 2 aliphatic heterocycles. The molecule has 0 aliphatic carbocycles. The van der Waals surface area contributed by atoms with E-state index in [2.05, 4.69) is 16.8 Å². The van der Waals surface area contributed by atoms with Gasteiger partial charge in [0.15, 0.2) is 0 Å². The van der Waals surface area contributed by atoms with Gasteiger partial charge in [-0.1, -0.05) is 0 Å². The van der Waals surface area contributed by atoms with Crippen LogP contribution in [0.4, 0.5) is 0 Å². The van der Waals surface area contributed by atoms with Crippen molar-refractivity contribution < 1.29 is 14.6 Å². The fourth-order valence-corrected chi connectivity index (χ4v) is 2.69. The van der Waals surface area contributed by atoms with Gasteiger partial charge in [-0.05, 0) is 26.4 Å². The lowest BCUT2D eigenvalue weighted by molar-refractivity contribution is -0.144. The summed E-state index contributed by atoms with van der Waals surface area (Å²) in [5, 5.41) is 9.04. The van der Waals surface area contributed by atoms with Crippen LogP contribution in [0.1, 0.15) is 12.8 Å². The molecule has 1 N–H and O–H groups in total. The second-order valence-electron chi connectivity index (χ2n) is 5.19. The lowest BCUT2D eigenvalue weighted by atomic mass is 9.98. The van der Waals surface area contributed by atoms with Crippen molar-refractivity contribution in [2.45, 2.75) is 18.9 Å². The molecule has 2 unspecified atom stereocenters. The Morgan fingerprint density at radius 1 is 1.41 bits per heavy atom. The number of hydrogen-bond acceptors (Lipinski definition) is 4. The molecule has 5 heteroatoms. The summed E-state index contributed by atoms with van der Waals surface area (Å²) < 4.78 is 5.72. The summed E-state index contributed by atoms with van der Waals surface area (Å²) in [5.41, 5.74) is 0. The van der Waals surface area contributed by atoms with Crippen molar-refractivity contribution in [2.75, 3.05) is 46.4 Å². The zero-order chi connectivity index (χ0) is 12.3. The van der Waals surface area contributed by atoms with Gasteiger partial charge in [-0.3, -0.25) is 9.69 Å². The summed E-state index contributed by atoms with van der Waals surface area (Å²) in [5.74, 6) is -0.846. The van der Waals surface area contributed by atoms with Crippen LogP contribution in [0.3, 0.4) is 0 Å². The predicted octanol–water partition coefficient (Wildman–Crippen LogP) is 0.114. The standard InChI is InChI=1S/C12H22N2O3/c1-13-5-6-17-11(8-13)9-14-4-2-3-10(7-14)12(15)16/h10-11H,2-9H2,1H3,(H,15,16). The van der Waals surface area contributed by atoms with Crippen LogP contribution in [0.25, 0.3) is 0 Å². The van der Waals surface area contributed by atoms with Gasteiger partial charge in [-0.25, -0.2) is 0 Å². The molecule has 0 bridgehead atoms. The zero-order valence-electron chi connectivity index (χ0n) is 10.5. The number of aliphatic carboxylic acids is 1. The summed E-state index contributed by atoms with van der Waals surface area (Å²) in [6, 6.07) is 0. The number of piperidine rings is 1. The minimum Gasteiger partial charge on any atom is -0.481 e. The van der Waals surface area contributed by atoms with Crippen molar-refractivity contribution in [3.8, 4) is 0 Å². The van der Waals surface area contributed by atoms with Crippen LogP contribution in [-0.2, 0) is 9.53 Å². The second kappa shape index (κ2) is 5.80. The summed E-state index contributed by atoms with van der Waals surface area (Å²) in [6.07, 6.45) is 2.04. The Morgan fingerprint density at radius 3 is 2.94 bits per heavy atom. The van der Waals surface area contributed by atoms with E-state index in [1.807, 2.05) is 0 Å². The number of carbonyl (C=O) groups is 1. The monoisotopic (exact) mass is 242 g/mol. The number of morpholine rings is 1.